The number of allylic oxidation sites excluding steroid dienone is 2. The molecule has 0 aliphatic rings. The molecule has 0 bridgehead atoms. The Labute approximate surface area is 368 Å². The highest BCUT2D eigenvalue weighted by atomic mass is 16.5. The quantitative estimate of drug-likeness (QED) is 0.0322. The minimum absolute atomic E-state index is 0.000482. The molecule has 6 nitrogen and oxygen atoms in total. The monoisotopic (exact) mass is 834 g/mol. The summed E-state index contributed by atoms with van der Waals surface area (Å²) in [5.74, 6) is -0.0524. The normalized spacial score (nSPS) is 12.7. The summed E-state index contributed by atoms with van der Waals surface area (Å²) in [7, 11) is 0. The number of carbonyl (C=O) groups excluding carboxylic acids is 2. The fourth-order valence-electron chi connectivity index (χ4n) is 8.22. The van der Waals surface area contributed by atoms with E-state index in [-0.39, 0.29) is 18.5 Å². The van der Waals surface area contributed by atoms with Crippen LogP contribution in [0.15, 0.2) is 12.2 Å². The first kappa shape index (κ1) is 57.6. The fraction of sp³-hybridized carbons (Fsp3) is 0.925. The van der Waals surface area contributed by atoms with Crippen LogP contribution in [0.25, 0.3) is 0 Å². The third kappa shape index (κ3) is 45.9. The molecule has 0 saturated heterocycles. The molecule has 1 amide bonds. The number of esters is 1. The molecule has 0 aromatic rings. The minimum Gasteiger partial charge on any atom is -0.466 e. The lowest BCUT2D eigenvalue weighted by molar-refractivity contribution is -0.143. The first-order chi connectivity index (χ1) is 29.0. The number of hydrogen-bond acceptors (Lipinski definition) is 5. The Morgan fingerprint density at radius 3 is 1.20 bits per heavy atom. The topological polar surface area (TPSA) is 95.9 Å². The number of aliphatic hydroxyl groups is 2. The Bertz CT molecular complexity index is 878. The van der Waals surface area contributed by atoms with Crippen molar-refractivity contribution in [3.8, 4) is 0 Å². The molecule has 0 aromatic carbocycles. The maximum absolute atomic E-state index is 12.4. The molecule has 0 aromatic heterocycles. The van der Waals surface area contributed by atoms with Gasteiger partial charge in [0.25, 0.3) is 0 Å². The van der Waals surface area contributed by atoms with Gasteiger partial charge in [0, 0.05) is 12.8 Å². The van der Waals surface area contributed by atoms with Crippen LogP contribution in [0, 0.1) is 0 Å². The molecule has 0 heterocycles. The molecule has 0 rings (SSSR count). The van der Waals surface area contributed by atoms with Gasteiger partial charge in [0.15, 0.2) is 0 Å². The number of nitrogens with one attached hydrogen (secondary N) is 1. The van der Waals surface area contributed by atoms with Gasteiger partial charge in [-0.1, -0.05) is 238 Å². The maximum Gasteiger partial charge on any atom is 0.305 e. The van der Waals surface area contributed by atoms with Crippen LogP contribution in [-0.2, 0) is 14.3 Å². The molecular formula is C53H103NO5. The van der Waals surface area contributed by atoms with Crippen molar-refractivity contribution < 1.29 is 24.5 Å². The SMILES string of the molecule is CCCCCCCCCCCCCCCCC(=O)OCCCCCCCCC/C=C\CCCCCCCC(=O)NC(CO)C(O)CCCCCCCCCCCCCC. The van der Waals surface area contributed by atoms with E-state index in [0.717, 1.165) is 64.2 Å². The number of unbranched alkanes of at least 4 members (excludes halogenated alkanes) is 36. The number of amides is 1. The van der Waals surface area contributed by atoms with Crippen LogP contribution in [0.4, 0.5) is 0 Å². The molecule has 0 saturated carbocycles. The molecular weight excluding hydrogens is 731 g/mol. The number of rotatable bonds is 49. The van der Waals surface area contributed by atoms with Gasteiger partial charge in [0.2, 0.25) is 5.91 Å². The maximum atomic E-state index is 12.4. The molecule has 0 fully saturated rings. The van der Waals surface area contributed by atoms with E-state index in [1.807, 2.05) is 0 Å². The van der Waals surface area contributed by atoms with E-state index in [4.69, 9.17) is 4.74 Å². The third-order valence-corrected chi connectivity index (χ3v) is 12.3. The average molecular weight is 834 g/mol. The van der Waals surface area contributed by atoms with Crippen LogP contribution < -0.4 is 5.32 Å². The molecule has 6 heteroatoms. The van der Waals surface area contributed by atoms with E-state index >= 15 is 0 Å². The second kappa shape index (κ2) is 49.3. The largest absolute Gasteiger partial charge is 0.466 e. The third-order valence-electron chi connectivity index (χ3n) is 12.3. The zero-order valence-electron chi connectivity index (χ0n) is 39.7. The molecule has 3 N–H and O–H groups in total. The zero-order valence-corrected chi connectivity index (χ0v) is 39.7. The Morgan fingerprint density at radius 2 is 0.797 bits per heavy atom. The summed E-state index contributed by atoms with van der Waals surface area (Å²) >= 11 is 0. The number of ether oxygens (including phenoxy) is 1. The van der Waals surface area contributed by atoms with Crippen LogP contribution in [0.1, 0.15) is 290 Å². The summed E-state index contributed by atoms with van der Waals surface area (Å²) in [6.07, 6.45) is 56.1. The Hall–Kier alpha value is -1.40. The van der Waals surface area contributed by atoms with Gasteiger partial charge >= 0.3 is 5.97 Å². The number of carbonyl (C=O) groups is 2. The second-order valence-electron chi connectivity index (χ2n) is 18.2. The van der Waals surface area contributed by atoms with Crippen LogP contribution in [0.5, 0.6) is 0 Å². The predicted molar refractivity (Wildman–Crippen MR) is 255 cm³/mol. The Morgan fingerprint density at radius 1 is 0.458 bits per heavy atom. The van der Waals surface area contributed by atoms with Gasteiger partial charge in [-0.2, -0.15) is 0 Å². The summed E-state index contributed by atoms with van der Waals surface area (Å²) in [6.45, 7) is 4.93. The zero-order chi connectivity index (χ0) is 43.0. The smallest absolute Gasteiger partial charge is 0.305 e. The minimum atomic E-state index is -0.672. The van der Waals surface area contributed by atoms with Crippen molar-refractivity contribution in [2.24, 2.45) is 0 Å². The summed E-state index contributed by atoms with van der Waals surface area (Å²) in [5.41, 5.74) is 0. The molecule has 0 aliphatic carbocycles. The lowest BCUT2D eigenvalue weighted by Crippen LogP contribution is -2.45. The lowest BCUT2D eigenvalue weighted by atomic mass is 10.0. The summed E-state index contributed by atoms with van der Waals surface area (Å²) in [5, 5.41) is 23.2. The average Bonchev–Trinajstić information content (AvgIpc) is 3.24. The van der Waals surface area contributed by atoms with E-state index in [1.165, 1.54) is 193 Å². The van der Waals surface area contributed by atoms with E-state index in [9.17, 15) is 19.8 Å². The summed E-state index contributed by atoms with van der Waals surface area (Å²) in [6, 6.07) is -0.551. The lowest BCUT2D eigenvalue weighted by Gasteiger charge is -2.22. The second-order valence-corrected chi connectivity index (χ2v) is 18.2. The van der Waals surface area contributed by atoms with Gasteiger partial charge in [-0.3, -0.25) is 9.59 Å². The predicted octanol–water partition coefficient (Wildman–Crippen LogP) is 15.7. The van der Waals surface area contributed by atoms with Crippen molar-refractivity contribution in [1.82, 2.24) is 5.32 Å². The van der Waals surface area contributed by atoms with Crippen LogP contribution in [-0.4, -0.2) is 47.4 Å². The number of aliphatic hydroxyl groups excluding tert-OH is 2. The van der Waals surface area contributed by atoms with E-state index < -0.39 is 12.1 Å². The molecule has 2 atom stereocenters. The van der Waals surface area contributed by atoms with Crippen LogP contribution in [0.2, 0.25) is 0 Å². The molecule has 350 valence electrons. The van der Waals surface area contributed by atoms with Crippen molar-refractivity contribution >= 4 is 11.9 Å². The number of hydrogen-bond donors (Lipinski definition) is 3. The van der Waals surface area contributed by atoms with Crippen molar-refractivity contribution in [3.63, 3.8) is 0 Å². The van der Waals surface area contributed by atoms with E-state index in [0.29, 0.717) is 25.9 Å². The standard InChI is InChI=1S/C53H103NO5/c1-3-5-7-9-11-13-15-17-23-27-31-35-39-43-47-53(58)59-48-44-40-36-32-28-24-21-19-18-20-22-26-30-34-38-42-46-52(57)54-50(49-55)51(56)45-41-37-33-29-25-16-14-12-10-8-6-4-2/h18,20,50-51,55-56H,3-17,19,21-49H2,1-2H3,(H,54,57)/b20-18-. The van der Waals surface area contributed by atoms with Crippen molar-refractivity contribution in [2.75, 3.05) is 13.2 Å². The van der Waals surface area contributed by atoms with Crippen molar-refractivity contribution in [1.29, 1.82) is 0 Å². The van der Waals surface area contributed by atoms with Gasteiger partial charge < -0.3 is 20.3 Å². The van der Waals surface area contributed by atoms with Crippen molar-refractivity contribution in [2.45, 2.75) is 302 Å². The molecule has 59 heavy (non-hydrogen) atoms. The molecule has 0 radical (unpaired) electrons. The van der Waals surface area contributed by atoms with E-state index in [1.54, 1.807) is 0 Å². The Kier molecular flexibility index (Phi) is 48.1. The highest BCUT2D eigenvalue weighted by Gasteiger charge is 2.20. The van der Waals surface area contributed by atoms with Gasteiger partial charge in [-0.05, 0) is 51.4 Å². The van der Waals surface area contributed by atoms with E-state index in [2.05, 4.69) is 31.3 Å². The fourth-order valence-corrected chi connectivity index (χ4v) is 8.22. The highest BCUT2D eigenvalue weighted by molar-refractivity contribution is 5.76. The van der Waals surface area contributed by atoms with Crippen LogP contribution in [0.3, 0.4) is 0 Å². The van der Waals surface area contributed by atoms with Gasteiger partial charge in [0.05, 0.1) is 25.4 Å². The Balaban J connectivity index is 3.45. The first-order valence-corrected chi connectivity index (χ1v) is 26.4. The van der Waals surface area contributed by atoms with Gasteiger partial charge in [-0.15, -0.1) is 0 Å². The first-order valence-electron chi connectivity index (χ1n) is 26.4. The van der Waals surface area contributed by atoms with Crippen LogP contribution >= 0.6 is 0 Å². The molecule has 0 aliphatic heterocycles. The summed E-state index contributed by atoms with van der Waals surface area (Å²) in [4.78, 5) is 24.4. The highest BCUT2D eigenvalue weighted by Crippen LogP contribution is 2.16. The van der Waals surface area contributed by atoms with Crippen molar-refractivity contribution in [3.05, 3.63) is 12.2 Å². The molecule has 0 spiro atoms. The molecule has 2 unspecified atom stereocenters. The van der Waals surface area contributed by atoms with Gasteiger partial charge in [0.1, 0.15) is 0 Å². The van der Waals surface area contributed by atoms with Gasteiger partial charge in [-0.25, -0.2) is 0 Å². The summed E-state index contributed by atoms with van der Waals surface area (Å²) < 4.78 is 5.46.